The van der Waals surface area contributed by atoms with Gasteiger partial charge in [-0.25, -0.2) is 0 Å². The van der Waals surface area contributed by atoms with Crippen LogP contribution in [0.5, 0.6) is 0 Å². The van der Waals surface area contributed by atoms with Crippen molar-refractivity contribution in [3.05, 3.63) is 66.2 Å². The number of aliphatic carboxylic acids is 1. The van der Waals surface area contributed by atoms with Gasteiger partial charge in [0.05, 0.1) is 22.5 Å². The molecule has 0 heterocycles. The Labute approximate surface area is 114 Å². The molecule has 0 amide bonds. The monoisotopic (exact) mass is 274 g/mol. The predicted octanol–water partition coefficient (Wildman–Crippen LogP) is 3.01. The first-order valence-electron chi connectivity index (χ1n) is 5.91. The van der Waals surface area contributed by atoms with Gasteiger partial charge >= 0.3 is 5.97 Å². The average Bonchev–Trinajstić information content (AvgIpc) is 2.46. The first-order chi connectivity index (χ1) is 9.18. The van der Waals surface area contributed by atoms with E-state index in [0.29, 0.717) is 4.90 Å². The minimum atomic E-state index is -1.37. The van der Waals surface area contributed by atoms with Crippen LogP contribution in [0, 0.1) is 0 Å². The zero-order valence-corrected chi connectivity index (χ0v) is 11.0. The predicted molar refractivity (Wildman–Crippen MR) is 74.3 cm³/mol. The maximum atomic E-state index is 12.5. The molecule has 0 unspecified atom stereocenters. The van der Waals surface area contributed by atoms with E-state index in [4.69, 9.17) is 5.11 Å². The molecule has 0 fully saturated rings. The fraction of sp³-hybridized carbons (Fsp3) is 0.133. The Morgan fingerprint density at radius 2 is 1.53 bits per heavy atom. The number of carbonyl (C=O) groups is 1. The summed E-state index contributed by atoms with van der Waals surface area (Å²) in [6, 6.07) is 18.1. The zero-order chi connectivity index (χ0) is 13.7. The van der Waals surface area contributed by atoms with E-state index in [0.717, 1.165) is 5.56 Å². The van der Waals surface area contributed by atoms with Crippen LogP contribution in [0.4, 0.5) is 0 Å². The number of hydrogen-bond acceptors (Lipinski definition) is 2. The van der Waals surface area contributed by atoms with Crippen LogP contribution in [-0.4, -0.2) is 15.3 Å². The summed E-state index contributed by atoms with van der Waals surface area (Å²) in [5.74, 6) is -0.946. The molecular weight excluding hydrogens is 260 g/mol. The van der Waals surface area contributed by atoms with E-state index in [1.54, 1.807) is 24.3 Å². The molecule has 0 aliphatic carbocycles. The smallest absolute Gasteiger partial charge is 0.304 e. The van der Waals surface area contributed by atoms with E-state index in [1.807, 2.05) is 36.4 Å². The van der Waals surface area contributed by atoms with Crippen molar-refractivity contribution in [3.8, 4) is 0 Å². The third-order valence-corrected chi connectivity index (χ3v) is 4.46. The minimum absolute atomic E-state index is 0.147. The van der Waals surface area contributed by atoms with Crippen LogP contribution in [0.15, 0.2) is 65.6 Å². The third kappa shape index (κ3) is 3.51. The highest BCUT2D eigenvalue weighted by atomic mass is 32.2. The van der Waals surface area contributed by atoms with Gasteiger partial charge in [-0.15, -0.1) is 0 Å². The lowest BCUT2D eigenvalue weighted by Crippen LogP contribution is -2.12. The first kappa shape index (κ1) is 13.5. The molecule has 3 nitrogen and oxygen atoms in total. The summed E-state index contributed by atoms with van der Waals surface area (Å²) in [5, 5.41) is 8.48. The van der Waals surface area contributed by atoms with Gasteiger partial charge in [-0.3, -0.25) is 9.00 Å². The molecule has 2 atom stereocenters. The van der Waals surface area contributed by atoms with Crippen molar-refractivity contribution < 1.29 is 14.1 Å². The molecule has 0 aliphatic rings. The summed E-state index contributed by atoms with van der Waals surface area (Å²) in [6.07, 6.45) is -0.147. The van der Waals surface area contributed by atoms with Crippen molar-refractivity contribution in [2.45, 2.75) is 16.6 Å². The lowest BCUT2D eigenvalue weighted by atomic mass is 10.1. The van der Waals surface area contributed by atoms with E-state index >= 15 is 0 Å². The summed E-state index contributed by atoms with van der Waals surface area (Å²) in [6.45, 7) is 0. The van der Waals surface area contributed by atoms with E-state index in [2.05, 4.69) is 0 Å². The van der Waals surface area contributed by atoms with Gasteiger partial charge in [0.25, 0.3) is 0 Å². The fourth-order valence-corrected chi connectivity index (χ4v) is 3.31. The summed E-state index contributed by atoms with van der Waals surface area (Å²) in [7, 11) is -1.37. The van der Waals surface area contributed by atoms with Crippen molar-refractivity contribution >= 4 is 16.8 Å². The molecule has 2 rings (SSSR count). The molecule has 0 aliphatic heterocycles. The van der Waals surface area contributed by atoms with Crippen LogP contribution >= 0.6 is 0 Å². The van der Waals surface area contributed by atoms with Crippen LogP contribution in [-0.2, 0) is 15.6 Å². The highest BCUT2D eigenvalue weighted by Crippen LogP contribution is 2.28. The summed E-state index contributed by atoms with van der Waals surface area (Å²) in [4.78, 5) is 11.6. The van der Waals surface area contributed by atoms with Crippen LogP contribution < -0.4 is 0 Å². The number of carboxylic acid groups (broad SMARTS) is 1. The molecule has 0 aromatic heterocycles. The summed E-state index contributed by atoms with van der Waals surface area (Å²) >= 11 is 0. The molecule has 1 N–H and O–H groups in total. The standard InChI is InChI=1S/C15H14O3S/c16-15(17)11-14(12-7-3-1-4-8-12)19(18)13-9-5-2-6-10-13/h1-10,14H,11H2,(H,16,17)/t14-,19-/m0/s1. The van der Waals surface area contributed by atoms with Crippen molar-refractivity contribution in [3.63, 3.8) is 0 Å². The van der Waals surface area contributed by atoms with Crippen LogP contribution in [0.1, 0.15) is 17.2 Å². The Balaban J connectivity index is 2.33. The maximum Gasteiger partial charge on any atom is 0.304 e. The van der Waals surface area contributed by atoms with Crippen LogP contribution in [0.3, 0.4) is 0 Å². The van der Waals surface area contributed by atoms with Gasteiger partial charge in [0, 0.05) is 4.90 Å². The molecule has 0 bridgehead atoms. The average molecular weight is 274 g/mol. The Morgan fingerprint density at radius 3 is 2.05 bits per heavy atom. The molecule has 4 heteroatoms. The molecule has 19 heavy (non-hydrogen) atoms. The first-order valence-corrected chi connectivity index (χ1v) is 7.12. The fourth-order valence-electron chi connectivity index (χ4n) is 1.86. The Morgan fingerprint density at radius 1 is 1.00 bits per heavy atom. The van der Waals surface area contributed by atoms with Crippen molar-refractivity contribution in [1.29, 1.82) is 0 Å². The maximum absolute atomic E-state index is 12.5. The van der Waals surface area contributed by atoms with Gasteiger partial charge in [-0.05, 0) is 17.7 Å². The number of rotatable bonds is 5. The van der Waals surface area contributed by atoms with Gasteiger partial charge < -0.3 is 5.11 Å². The van der Waals surface area contributed by atoms with Gasteiger partial charge in [-0.1, -0.05) is 48.5 Å². The number of hydrogen-bond donors (Lipinski definition) is 1. The quantitative estimate of drug-likeness (QED) is 0.911. The molecule has 0 saturated carbocycles. The van der Waals surface area contributed by atoms with Gasteiger partial charge in [0.2, 0.25) is 0 Å². The second-order valence-electron chi connectivity index (χ2n) is 4.11. The zero-order valence-electron chi connectivity index (χ0n) is 10.2. The summed E-state index contributed by atoms with van der Waals surface area (Å²) < 4.78 is 12.5. The van der Waals surface area contributed by atoms with Crippen molar-refractivity contribution in [2.24, 2.45) is 0 Å². The largest absolute Gasteiger partial charge is 0.481 e. The van der Waals surface area contributed by atoms with E-state index < -0.39 is 22.0 Å². The third-order valence-electron chi connectivity index (χ3n) is 2.77. The van der Waals surface area contributed by atoms with Crippen LogP contribution in [0.2, 0.25) is 0 Å². The van der Waals surface area contributed by atoms with E-state index in [9.17, 15) is 9.00 Å². The Bertz CT molecular complexity index is 566. The molecule has 98 valence electrons. The second-order valence-corrected chi connectivity index (χ2v) is 5.74. The molecule has 0 saturated heterocycles. The van der Waals surface area contributed by atoms with Crippen LogP contribution in [0.25, 0.3) is 0 Å². The van der Waals surface area contributed by atoms with Crippen molar-refractivity contribution in [1.82, 2.24) is 0 Å². The topological polar surface area (TPSA) is 54.4 Å². The molecule has 0 spiro atoms. The Kier molecular flexibility index (Phi) is 4.47. The normalized spacial score (nSPS) is 13.7. The highest BCUT2D eigenvalue weighted by molar-refractivity contribution is 7.85. The molecule has 2 aromatic carbocycles. The number of benzene rings is 2. The van der Waals surface area contributed by atoms with Gasteiger partial charge in [0.1, 0.15) is 0 Å². The molecule has 0 radical (unpaired) electrons. The highest BCUT2D eigenvalue weighted by Gasteiger charge is 2.23. The minimum Gasteiger partial charge on any atom is -0.481 e. The van der Waals surface area contributed by atoms with E-state index in [1.165, 1.54) is 0 Å². The molecular formula is C15H14O3S. The second kappa shape index (κ2) is 6.29. The summed E-state index contributed by atoms with van der Waals surface area (Å²) in [5.41, 5.74) is 0.784. The molecule has 2 aromatic rings. The Hall–Kier alpha value is -1.94. The SMILES string of the molecule is O=C(O)C[C@@H](c1ccccc1)[S@@](=O)c1ccccc1. The lowest BCUT2D eigenvalue weighted by Gasteiger charge is -2.15. The van der Waals surface area contributed by atoms with Gasteiger partial charge in [-0.2, -0.15) is 0 Å². The lowest BCUT2D eigenvalue weighted by molar-refractivity contribution is -0.137. The number of carboxylic acids is 1. The van der Waals surface area contributed by atoms with Crippen molar-refractivity contribution in [2.75, 3.05) is 0 Å². The van der Waals surface area contributed by atoms with Gasteiger partial charge in [0.15, 0.2) is 0 Å². The van der Waals surface area contributed by atoms with E-state index in [-0.39, 0.29) is 6.42 Å².